The first kappa shape index (κ1) is 21.5. The fraction of sp³-hybridized carbons (Fsp3) is 0.174. The minimum atomic E-state index is -1.00. The van der Waals surface area contributed by atoms with Crippen LogP contribution in [0, 0.1) is 3.57 Å². The molecule has 1 saturated heterocycles. The second kappa shape index (κ2) is 9.19. The Balaban J connectivity index is 1.68. The van der Waals surface area contributed by atoms with Crippen molar-refractivity contribution in [2.75, 3.05) is 5.32 Å². The lowest BCUT2D eigenvalue weighted by atomic mass is 9.91. The minimum absolute atomic E-state index is 0.402. The number of anilines is 1. The van der Waals surface area contributed by atoms with E-state index < -0.39 is 35.8 Å². The summed E-state index contributed by atoms with van der Waals surface area (Å²) < 4.78 is 1.04. The predicted molar refractivity (Wildman–Crippen MR) is 129 cm³/mol. The Labute approximate surface area is 197 Å². The smallest absolute Gasteiger partial charge is 0.324 e. The number of halogens is 1. The van der Waals surface area contributed by atoms with E-state index in [2.05, 4.69) is 33.2 Å². The number of carbonyl (C=O) groups is 3. The summed E-state index contributed by atoms with van der Waals surface area (Å²) in [5.74, 6) is -1.23. The fourth-order valence-corrected chi connectivity index (χ4v) is 4.72. The van der Waals surface area contributed by atoms with E-state index in [1.807, 2.05) is 60.1 Å². The van der Waals surface area contributed by atoms with Crippen molar-refractivity contribution in [3.63, 3.8) is 0 Å². The Morgan fingerprint density at radius 2 is 1.81 bits per heavy atom. The molecule has 6 nitrogen and oxygen atoms in total. The fourth-order valence-electron chi connectivity index (χ4n) is 3.68. The van der Waals surface area contributed by atoms with Crippen LogP contribution in [0.4, 0.5) is 10.5 Å². The number of nitrogens with one attached hydrogen (secondary N) is 2. The average Bonchev–Trinajstić information content (AvgIpc) is 3.40. The van der Waals surface area contributed by atoms with Gasteiger partial charge < -0.3 is 10.6 Å². The molecule has 2 heterocycles. The van der Waals surface area contributed by atoms with Gasteiger partial charge >= 0.3 is 6.03 Å². The normalized spacial score (nSPS) is 17.9. The van der Waals surface area contributed by atoms with Crippen molar-refractivity contribution in [2.45, 2.75) is 24.9 Å². The Bertz CT molecular complexity index is 1090. The average molecular weight is 545 g/mol. The van der Waals surface area contributed by atoms with Crippen LogP contribution < -0.4 is 10.6 Å². The number of carbonyl (C=O) groups excluding carboxylic acids is 3. The molecule has 1 unspecified atom stereocenters. The first-order valence-electron chi connectivity index (χ1n) is 9.72. The van der Waals surface area contributed by atoms with Crippen molar-refractivity contribution in [3.05, 3.63) is 86.1 Å². The van der Waals surface area contributed by atoms with Crippen LogP contribution in [0.2, 0.25) is 0 Å². The zero-order valence-corrected chi connectivity index (χ0v) is 19.6. The number of hydrogen-bond acceptors (Lipinski definition) is 4. The molecule has 4 amide bonds. The maximum atomic E-state index is 13.4. The molecule has 3 atom stereocenters. The van der Waals surface area contributed by atoms with E-state index in [0.29, 0.717) is 5.69 Å². The number of hydrogen-bond donors (Lipinski definition) is 2. The van der Waals surface area contributed by atoms with Crippen LogP contribution in [0.5, 0.6) is 0 Å². The molecule has 0 bridgehead atoms. The third kappa shape index (κ3) is 4.49. The van der Waals surface area contributed by atoms with E-state index in [0.717, 1.165) is 19.6 Å². The molecule has 158 valence electrons. The number of imide groups is 1. The van der Waals surface area contributed by atoms with Crippen molar-refractivity contribution in [2.24, 2.45) is 0 Å². The molecule has 0 radical (unpaired) electrons. The summed E-state index contributed by atoms with van der Waals surface area (Å²) in [5, 5.41) is 9.28. The molecular formula is C23H20IN3O3S. The number of urea groups is 1. The monoisotopic (exact) mass is 545 g/mol. The zero-order valence-electron chi connectivity index (χ0n) is 16.6. The molecule has 0 saturated carbocycles. The molecule has 2 N–H and O–H groups in total. The minimum Gasteiger partial charge on any atom is -0.324 e. The van der Waals surface area contributed by atoms with Gasteiger partial charge in [-0.2, -0.15) is 11.3 Å². The van der Waals surface area contributed by atoms with Gasteiger partial charge in [0.15, 0.2) is 0 Å². The molecule has 1 aliphatic rings. The maximum Gasteiger partial charge on any atom is 0.325 e. The Morgan fingerprint density at radius 1 is 1.10 bits per heavy atom. The predicted octanol–water partition coefficient (Wildman–Crippen LogP) is 4.76. The number of amides is 4. The van der Waals surface area contributed by atoms with E-state index >= 15 is 0 Å². The molecule has 1 aliphatic heterocycles. The number of thiophene rings is 1. The van der Waals surface area contributed by atoms with Crippen LogP contribution in [0.3, 0.4) is 0 Å². The lowest BCUT2D eigenvalue weighted by molar-refractivity contribution is -0.134. The Hall–Kier alpha value is -2.72. The highest BCUT2D eigenvalue weighted by molar-refractivity contribution is 14.1. The van der Waals surface area contributed by atoms with Crippen LogP contribution in [-0.2, 0) is 9.59 Å². The Kier molecular flexibility index (Phi) is 6.38. The number of rotatable bonds is 6. The van der Waals surface area contributed by atoms with Gasteiger partial charge in [0.2, 0.25) is 5.91 Å². The van der Waals surface area contributed by atoms with Crippen molar-refractivity contribution in [3.8, 4) is 0 Å². The van der Waals surface area contributed by atoms with Crippen LogP contribution in [0.25, 0.3) is 0 Å². The summed E-state index contributed by atoms with van der Waals surface area (Å²) in [5.41, 5.74) is 2.19. The van der Waals surface area contributed by atoms with Gasteiger partial charge in [0.1, 0.15) is 12.1 Å². The molecule has 4 rings (SSSR count). The number of nitrogens with zero attached hydrogens (tertiary/aromatic N) is 1. The summed E-state index contributed by atoms with van der Waals surface area (Å²) in [4.78, 5) is 40.6. The zero-order chi connectivity index (χ0) is 22.0. The molecule has 3 aromatic rings. The summed E-state index contributed by atoms with van der Waals surface area (Å²) in [6.45, 7) is 1.85. The van der Waals surface area contributed by atoms with Crippen molar-refractivity contribution in [1.82, 2.24) is 10.2 Å². The molecule has 1 aromatic heterocycles. The maximum absolute atomic E-state index is 13.4. The first-order valence-corrected chi connectivity index (χ1v) is 11.7. The van der Waals surface area contributed by atoms with Crippen LogP contribution in [0.15, 0.2) is 71.4 Å². The van der Waals surface area contributed by atoms with Crippen LogP contribution in [-0.4, -0.2) is 28.8 Å². The van der Waals surface area contributed by atoms with Crippen molar-refractivity contribution in [1.29, 1.82) is 0 Å². The van der Waals surface area contributed by atoms with Crippen molar-refractivity contribution < 1.29 is 14.4 Å². The molecular weight excluding hydrogens is 525 g/mol. The second-order valence-electron chi connectivity index (χ2n) is 7.29. The topological polar surface area (TPSA) is 78.5 Å². The molecule has 0 spiro atoms. The van der Waals surface area contributed by atoms with Gasteiger partial charge in [-0.15, -0.1) is 0 Å². The highest BCUT2D eigenvalue weighted by Crippen LogP contribution is 2.31. The second-order valence-corrected chi connectivity index (χ2v) is 9.31. The van der Waals surface area contributed by atoms with E-state index in [1.54, 1.807) is 18.2 Å². The summed E-state index contributed by atoms with van der Waals surface area (Å²) >= 11 is 3.64. The van der Waals surface area contributed by atoms with E-state index in [-0.39, 0.29) is 0 Å². The SMILES string of the molecule is C[C@@H](c1ccccc1)[C@@H](C(=O)Nc1ccc(I)cc1)N1C(=O)NC(c2ccsc2)C1=O. The van der Waals surface area contributed by atoms with E-state index in [9.17, 15) is 14.4 Å². The molecule has 1 fully saturated rings. The van der Waals surface area contributed by atoms with Gasteiger partial charge in [-0.3, -0.25) is 9.59 Å². The summed E-state index contributed by atoms with van der Waals surface area (Å²) in [6.07, 6.45) is 0. The Morgan fingerprint density at radius 3 is 2.45 bits per heavy atom. The standard InChI is InChI=1S/C23H20IN3O3S/c1-14(15-5-3-2-4-6-15)20(21(28)25-18-9-7-17(24)8-10-18)27-22(29)19(26-23(27)30)16-11-12-31-13-16/h2-14,19-20H,1H3,(H,25,28)(H,26,30)/t14-,19?,20-/m0/s1. The highest BCUT2D eigenvalue weighted by Gasteiger charge is 2.47. The summed E-state index contributed by atoms with van der Waals surface area (Å²) in [7, 11) is 0. The third-order valence-corrected chi connectivity index (χ3v) is 6.73. The lowest BCUT2D eigenvalue weighted by Gasteiger charge is -2.30. The van der Waals surface area contributed by atoms with Gasteiger partial charge in [0.25, 0.3) is 5.91 Å². The van der Waals surface area contributed by atoms with Gasteiger partial charge in [-0.1, -0.05) is 37.3 Å². The van der Waals surface area contributed by atoms with Gasteiger partial charge in [0, 0.05) is 15.2 Å². The lowest BCUT2D eigenvalue weighted by Crippen LogP contribution is -2.50. The van der Waals surface area contributed by atoms with Gasteiger partial charge in [0.05, 0.1) is 0 Å². The van der Waals surface area contributed by atoms with Crippen molar-refractivity contribution >= 4 is 57.5 Å². The molecule has 2 aromatic carbocycles. The van der Waals surface area contributed by atoms with Crippen LogP contribution in [0.1, 0.15) is 30.0 Å². The highest BCUT2D eigenvalue weighted by atomic mass is 127. The number of benzene rings is 2. The van der Waals surface area contributed by atoms with Gasteiger partial charge in [-0.05, 0) is 74.8 Å². The third-order valence-electron chi connectivity index (χ3n) is 5.31. The van der Waals surface area contributed by atoms with Crippen LogP contribution >= 0.6 is 33.9 Å². The molecule has 31 heavy (non-hydrogen) atoms. The quantitative estimate of drug-likeness (QED) is 0.347. The molecule has 8 heteroatoms. The molecule has 0 aliphatic carbocycles. The summed E-state index contributed by atoms with van der Waals surface area (Å²) in [6, 6.07) is 16.2. The largest absolute Gasteiger partial charge is 0.325 e. The van der Waals surface area contributed by atoms with E-state index in [1.165, 1.54) is 11.3 Å². The van der Waals surface area contributed by atoms with E-state index in [4.69, 9.17) is 0 Å². The first-order chi connectivity index (χ1) is 15.0. The van der Waals surface area contributed by atoms with Gasteiger partial charge in [-0.25, -0.2) is 9.69 Å².